The van der Waals surface area contributed by atoms with E-state index in [2.05, 4.69) is 33.7 Å². The van der Waals surface area contributed by atoms with Gasteiger partial charge in [-0.05, 0) is 38.1 Å². The molecule has 26 heavy (non-hydrogen) atoms. The number of fused-ring (bicyclic) bond motifs is 1. The highest BCUT2D eigenvalue weighted by molar-refractivity contribution is 6.29. The van der Waals surface area contributed by atoms with E-state index in [9.17, 15) is 4.39 Å². The Bertz CT molecular complexity index is 931. The molecule has 1 aromatic carbocycles. The third kappa shape index (κ3) is 3.15. The van der Waals surface area contributed by atoms with Gasteiger partial charge in [0.2, 0.25) is 0 Å². The van der Waals surface area contributed by atoms with Crippen LogP contribution in [-0.4, -0.2) is 51.7 Å². The van der Waals surface area contributed by atoms with E-state index < -0.39 is 0 Å². The molecule has 136 valence electrons. The van der Waals surface area contributed by atoms with Crippen molar-refractivity contribution in [1.82, 2.24) is 19.5 Å². The van der Waals surface area contributed by atoms with Crippen molar-refractivity contribution in [2.45, 2.75) is 19.9 Å². The van der Waals surface area contributed by atoms with Crippen LogP contribution in [0.2, 0.25) is 5.15 Å². The van der Waals surface area contributed by atoms with Gasteiger partial charge in [-0.3, -0.25) is 4.90 Å². The number of anilines is 1. The van der Waals surface area contributed by atoms with E-state index in [0.717, 1.165) is 37.4 Å². The normalized spacial score (nSPS) is 16.0. The van der Waals surface area contributed by atoms with Crippen LogP contribution in [0, 0.1) is 5.82 Å². The fraction of sp³-hybridized carbons (Fsp3) is 0.368. The van der Waals surface area contributed by atoms with Crippen molar-refractivity contribution in [2.24, 2.45) is 0 Å². The second-order valence-electron chi connectivity index (χ2n) is 6.85. The zero-order valence-electron chi connectivity index (χ0n) is 14.9. The molecule has 0 amide bonds. The second-order valence-corrected chi connectivity index (χ2v) is 7.24. The van der Waals surface area contributed by atoms with E-state index >= 15 is 0 Å². The number of piperazine rings is 1. The predicted octanol–water partition coefficient (Wildman–Crippen LogP) is 3.72. The van der Waals surface area contributed by atoms with Crippen molar-refractivity contribution in [3.8, 4) is 11.3 Å². The zero-order valence-corrected chi connectivity index (χ0v) is 15.6. The summed E-state index contributed by atoms with van der Waals surface area (Å²) in [5.74, 6) is -0.225. The highest BCUT2D eigenvalue weighted by Crippen LogP contribution is 2.28. The molecule has 2 aromatic heterocycles. The van der Waals surface area contributed by atoms with Crippen LogP contribution >= 0.6 is 11.6 Å². The fourth-order valence-electron chi connectivity index (χ4n) is 3.45. The Morgan fingerprint density at radius 2 is 1.85 bits per heavy atom. The Morgan fingerprint density at radius 3 is 2.54 bits per heavy atom. The van der Waals surface area contributed by atoms with Crippen molar-refractivity contribution >= 4 is 22.9 Å². The molecule has 5 nitrogen and oxygen atoms in total. The molecule has 1 fully saturated rings. The first-order valence-corrected chi connectivity index (χ1v) is 9.20. The highest BCUT2D eigenvalue weighted by atomic mass is 35.5. The van der Waals surface area contributed by atoms with Gasteiger partial charge in [0, 0.05) is 37.8 Å². The van der Waals surface area contributed by atoms with Crippen molar-refractivity contribution in [1.29, 1.82) is 0 Å². The maximum atomic E-state index is 14.8. The van der Waals surface area contributed by atoms with Crippen LogP contribution in [0.1, 0.15) is 13.8 Å². The summed E-state index contributed by atoms with van der Waals surface area (Å²) >= 11 is 5.98. The number of rotatable bonds is 3. The average Bonchev–Trinajstić information content (AvgIpc) is 3.04. The summed E-state index contributed by atoms with van der Waals surface area (Å²) < 4.78 is 16.5. The van der Waals surface area contributed by atoms with Crippen LogP contribution in [0.25, 0.3) is 16.9 Å². The number of hydrogen-bond acceptors (Lipinski definition) is 4. The summed E-state index contributed by atoms with van der Waals surface area (Å²) in [7, 11) is 0. The Balaban J connectivity index is 1.61. The molecule has 3 aromatic rings. The van der Waals surface area contributed by atoms with Gasteiger partial charge in [-0.25, -0.2) is 13.9 Å². The minimum absolute atomic E-state index is 0.225. The molecule has 0 saturated carbocycles. The largest absolute Gasteiger partial charge is 0.367 e. The first kappa shape index (κ1) is 17.2. The fourth-order valence-corrected chi connectivity index (χ4v) is 3.59. The van der Waals surface area contributed by atoms with Crippen molar-refractivity contribution in [3.05, 3.63) is 47.5 Å². The van der Waals surface area contributed by atoms with Crippen molar-refractivity contribution in [3.63, 3.8) is 0 Å². The van der Waals surface area contributed by atoms with E-state index in [-0.39, 0.29) is 5.82 Å². The van der Waals surface area contributed by atoms with Gasteiger partial charge in [-0.1, -0.05) is 17.7 Å². The van der Waals surface area contributed by atoms with Crippen LogP contribution in [-0.2, 0) is 0 Å². The Kier molecular flexibility index (Phi) is 4.54. The van der Waals surface area contributed by atoms with Gasteiger partial charge in [-0.2, -0.15) is 5.10 Å². The minimum Gasteiger partial charge on any atom is -0.367 e. The molecular formula is C19H21ClFN5. The number of imidazole rings is 1. The molecule has 1 aliphatic heterocycles. The maximum Gasteiger partial charge on any atom is 0.154 e. The van der Waals surface area contributed by atoms with E-state index in [1.807, 2.05) is 12.1 Å². The van der Waals surface area contributed by atoms with Crippen molar-refractivity contribution < 1.29 is 4.39 Å². The molecule has 0 aliphatic carbocycles. The Labute approximate surface area is 157 Å². The molecule has 0 unspecified atom stereocenters. The van der Waals surface area contributed by atoms with Crippen LogP contribution in [0.5, 0.6) is 0 Å². The van der Waals surface area contributed by atoms with Crippen LogP contribution < -0.4 is 4.90 Å². The number of halogens is 2. The van der Waals surface area contributed by atoms with Crippen LogP contribution in [0.3, 0.4) is 0 Å². The smallest absolute Gasteiger partial charge is 0.154 e. The molecule has 0 N–H and O–H groups in total. The molecule has 0 atom stereocenters. The highest BCUT2D eigenvalue weighted by Gasteiger charge is 2.21. The molecule has 0 radical (unpaired) electrons. The molecule has 4 rings (SSSR count). The summed E-state index contributed by atoms with van der Waals surface area (Å²) in [5.41, 5.74) is 2.78. The molecule has 7 heteroatoms. The molecule has 3 heterocycles. The average molecular weight is 374 g/mol. The quantitative estimate of drug-likeness (QED) is 0.701. The maximum absolute atomic E-state index is 14.8. The standard InChI is InChI=1S/C19H21ClFN5/c1-13(2)24-7-9-25(10-8-24)16-4-3-14(11-15(16)21)17-12-22-19-6-5-18(20)23-26(17)19/h3-6,11-13H,7-10H2,1-2H3. The van der Waals surface area contributed by atoms with E-state index in [1.54, 1.807) is 28.9 Å². The van der Waals surface area contributed by atoms with Gasteiger partial charge in [0.1, 0.15) is 11.0 Å². The summed E-state index contributed by atoms with van der Waals surface area (Å²) in [6.45, 7) is 7.97. The Morgan fingerprint density at radius 1 is 1.08 bits per heavy atom. The van der Waals surface area contributed by atoms with Gasteiger partial charge in [0.05, 0.1) is 17.6 Å². The molecule has 1 saturated heterocycles. The van der Waals surface area contributed by atoms with E-state index in [4.69, 9.17) is 11.6 Å². The lowest BCUT2D eigenvalue weighted by Crippen LogP contribution is -2.49. The molecular weight excluding hydrogens is 353 g/mol. The number of nitrogens with zero attached hydrogens (tertiary/aromatic N) is 5. The second kappa shape index (κ2) is 6.85. The summed E-state index contributed by atoms with van der Waals surface area (Å²) in [5, 5.41) is 4.63. The summed E-state index contributed by atoms with van der Waals surface area (Å²) in [6.07, 6.45) is 1.69. The first-order valence-electron chi connectivity index (χ1n) is 8.82. The SMILES string of the molecule is CC(C)N1CCN(c2ccc(-c3cnc4ccc(Cl)nn34)cc2F)CC1. The van der Waals surface area contributed by atoms with Gasteiger partial charge in [0.15, 0.2) is 5.65 Å². The first-order chi connectivity index (χ1) is 12.5. The predicted molar refractivity (Wildman–Crippen MR) is 102 cm³/mol. The summed E-state index contributed by atoms with van der Waals surface area (Å²) in [4.78, 5) is 8.83. The number of hydrogen-bond donors (Lipinski definition) is 0. The van der Waals surface area contributed by atoms with Crippen LogP contribution in [0.4, 0.5) is 10.1 Å². The minimum atomic E-state index is -0.225. The van der Waals surface area contributed by atoms with E-state index in [1.165, 1.54) is 0 Å². The lowest BCUT2D eigenvalue weighted by molar-refractivity contribution is 0.209. The monoisotopic (exact) mass is 373 g/mol. The molecule has 0 bridgehead atoms. The lowest BCUT2D eigenvalue weighted by atomic mass is 10.1. The number of benzene rings is 1. The van der Waals surface area contributed by atoms with Gasteiger partial charge < -0.3 is 4.90 Å². The van der Waals surface area contributed by atoms with Gasteiger partial charge >= 0.3 is 0 Å². The Hall–Kier alpha value is -2.18. The van der Waals surface area contributed by atoms with E-state index in [0.29, 0.717) is 22.5 Å². The molecule has 0 spiro atoms. The van der Waals surface area contributed by atoms with Crippen LogP contribution in [0.15, 0.2) is 36.5 Å². The van der Waals surface area contributed by atoms with Crippen molar-refractivity contribution in [2.75, 3.05) is 31.1 Å². The number of aromatic nitrogens is 3. The zero-order chi connectivity index (χ0) is 18.3. The third-order valence-corrected chi connectivity index (χ3v) is 5.16. The molecule has 1 aliphatic rings. The summed E-state index contributed by atoms with van der Waals surface area (Å²) in [6, 6.07) is 9.32. The van der Waals surface area contributed by atoms with Gasteiger partial charge in [0.25, 0.3) is 0 Å². The van der Waals surface area contributed by atoms with Gasteiger partial charge in [-0.15, -0.1) is 0 Å². The topological polar surface area (TPSA) is 36.7 Å². The lowest BCUT2D eigenvalue weighted by Gasteiger charge is -2.38. The third-order valence-electron chi connectivity index (χ3n) is 4.96.